The molecule has 0 heterocycles. The summed E-state index contributed by atoms with van der Waals surface area (Å²) in [6, 6.07) is 0. The van der Waals surface area contributed by atoms with Gasteiger partial charge in [0.1, 0.15) is 0 Å². The van der Waals surface area contributed by atoms with Crippen molar-refractivity contribution in [1.82, 2.24) is 0 Å². The maximum atomic E-state index is 4.85. The summed E-state index contributed by atoms with van der Waals surface area (Å²) in [6.45, 7) is 0. The van der Waals surface area contributed by atoms with Crippen LogP contribution >= 0.6 is 31.9 Å². The van der Waals surface area contributed by atoms with Crippen molar-refractivity contribution >= 4 is 31.9 Å². The lowest BCUT2D eigenvalue weighted by molar-refractivity contribution is 0.335. The van der Waals surface area contributed by atoms with Gasteiger partial charge in [-0.2, -0.15) is 0 Å². The second-order valence-electron chi connectivity index (χ2n) is 2.95. The highest BCUT2D eigenvalue weighted by Crippen LogP contribution is 2.43. The Kier molecular flexibility index (Phi) is 4.36. The molecule has 1 rings (SSSR count). The Hall–Kier alpha value is 0.240. The smallest absolute Gasteiger partial charge is 0.0787 e. The van der Waals surface area contributed by atoms with E-state index in [1.54, 1.807) is 13.4 Å². The average Bonchev–Trinajstić information content (AvgIpc) is 2.76. The zero-order chi connectivity index (χ0) is 8.97. The topological polar surface area (TPSA) is 9.23 Å². The van der Waals surface area contributed by atoms with Gasteiger partial charge in [0.15, 0.2) is 0 Å². The molecule has 3 heteroatoms. The molecule has 0 amide bonds. The highest BCUT2D eigenvalue weighted by molar-refractivity contribution is 9.28. The second-order valence-corrected chi connectivity index (χ2v) is 5.73. The van der Waals surface area contributed by atoms with Gasteiger partial charge in [-0.05, 0) is 62.6 Å². The molecule has 0 aromatic carbocycles. The van der Waals surface area contributed by atoms with Crippen LogP contribution in [0.2, 0.25) is 0 Å². The lowest BCUT2D eigenvalue weighted by atomic mass is 10.2. The van der Waals surface area contributed by atoms with Crippen LogP contribution in [0.25, 0.3) is 0 Å². The average molecular weight is 296 g/mol. The summed E-state index contributed by atoms with van der Waals surface area (Å²) >= 11 is 6.68. The van der Waals surface area contributed by atoms with Crippen LogP contribution in [0.3, 0.4) is 0 Å². The molecule has 0 radical (unpaired) electrons. The van der Waals surface area contributed by atoms with Gasteiger partial charge in [-0.1, -0.05) is 6.08 Å². The van der Waals surface area contributed by atoms with E-state index in [4.69, 9.17) is 4.74 Å². The summed E-state index contributed by atoms with van der Waals surface area (Å²) in [7, 11) is 1.68. The molecule has 1 saturated carbocycles. The highest BCUT2D eigenvalue weighted by atomic mass is 79.9. The van der Waals surface area contributed by atoms with Gasteiger partial charge >= 0.3 is 0 Å². The molecule has 1 fully saturated rings. The number of methoxy groups -OCH3 is 1. The number of ether oxygens (including phenoxy) is 1. The third-order valence-electron chi connectivity index (χ3n) is 2.01. The van der Waals surface area contributed by atoms with Gasteiger partial charge < -0.3 is 4.74 Å². The first-order chi connectivity index (χ1) is 5.74. The summed E-state index contributed by atoms with van der Waals surface area (Å²) in [6.07, 6.45) is 8.51. The maximum absolute atomic E-state index is 4.85. The first kappa shape index (κ1) is 10.3. The van der Waals surface area contributed by atoms with E-state index in [1.807, 2.05) is 0 Å². The van der Waals surface area contributed by atoms with Crippen LogP contribution in [0.5, 0.6) is 0 Å². The number of allylic oxidation sites excluding steroid dienone is 2. The highest BCUT2D eigenvalue weighted by Gasteiger charge is 2.33. The number of halogens is 2. The van der Waals surface area contributed by atoms with Gasteiger partial charge in [-0.3, -0.25) is 0 Å². The molecular formula is C9H12Br2O. The largest absolute Gasteiger partial charge is 0.505 e. The minimum atomic E-state index is 0.737. The van der Waals surface area contributed by atoms with E-state index >= 15 is 0 Å². The molecule has 1 aliphatic rings. The molecule has 68 valence electrons. The van der Waals surface area contributed by atoms with E-state index in [1.165, 1.54) is 6.42 Å². The van der Waals surface area contributed by atoms with Crippen LogP contribution < -0.4 is 0 Å². The third kappa shape index (κ3) is 3.76. The first-order valence-corrected chi connectivity index (χ1v) is 5.53. The minimum absolute atomic E-state index is 0.737. The molecule has 0 spiro atoms. The predicted octanol–water partition coefficient (Wildman–Crippen LogP) is 3.80. The summed E-state index contributed by atoms with van der Waals surface area (Å²) < 4.78 is 5.90. The molecular weight excluding hydrogens is 284 g/mol. The van der Waals surface area contributed by atoms with Crippen molar-refractivity contribution in [2.45, 2.75) is 12.8 Å². The standard InChI is InChI=1S/C9H12Br2O/c1-12-5-4-8-6-7(8)2-3-9(10)11/h3-5,7-8H,2,6H2,1H3/b5-4+/t7-,8+/m0/s1. The molecule has 1 nitrogen and oxygen atoms in total. The van der Waals surface area contributed by atoms with Crippen LogP contribution in [0, 0.1) is 11.8 Å². The lowest BCUT2D eigenvalue weighted by Gasteiger charge is -1.89. The van der Waals surface area contributed by atoms with Gasteiger partial charge in [0.2, 0.25) is 0 Å². The molecule has 12 heavy (non-hydrogen) atoms. The van der Waals surface area contributed by atoms with Crippen molar-refractivity contribution in [3.05, 3.63) is 21.8 Å². The zero-order valence-electron chi connectivity index (χ0n) is 6.97. The maximum Gasteiger partial charge on any atom is 0.0787 e. The van der Waals surface area contributed by atoms with Crippen LogP contribution in [0.1, 0.15) is 12.8 Å². The monoisotopic (exact) mass is 294 g/mol. The Morgan fingerprint density at radius 2 is 2.33 bits per heavy atom. The summed E-state index contributed by atoms with van der Waals surface area (Å²) in [4.78, 5) is 0. The van der Waals surface area contributed by atoms with Crippen LogP contribution in [-0.2, 0) is 4.74 Å². The molecule has 0 unspecified atom stereocenters. The van der Waals surface area contributed by atoms with Gasteiger partial charge in [0.05, 0.1) is 16.8 Å². The zero-order valence-corrected chi connectivity index (χ0v) is 10.1. The molecule has 2 atom stereocenters. The van der Waals surface area contributed by atoms with E-state index in [2.05, 4.69) is 44.0 Å². The molecule has 0 bridgehead atoms. The molecule has 0 N–H and O–H groups in total. The Morgan fingerprint density at radius 1 is 1.58 bits per heavy atom. The SMILES string of the molecule is CO/C=C/[C@@H]1C[C@@H]1CC=C(Br)Br. The normalized spacial score (nSPS) is 27.2. The third-order valence-corrected chi connectivity index (χ3v) is 2.66. The van der Waals surface area contributed by atoms with E-state index in [9.17, 15) is 0 Å². The fourth-order valence-corrected chi connectivity index (χ4v) is 1.57. The fourth-order valence-electron chi connectivity index (χ4n) is 1.20. The number of hydrogen-bond donors (Lipinski definition) is 0. The summed E-state index contributed by atoms with van der Waals surface area (Å²) in [5, 5.41) is 0. The number of hydrogen-bond acceptors (Lipinski definition) is 1. The Morgan fingerprint density at radius 3 is 2.92 bits per heavy atom. The van der Waals surface area contributed by atoms with Crippen molar-refractivity contribution in [2.75, 3.05) is 7.11 Å². The van der Waals surface area contributed by atoms with Crippen molar-refractivity contribution in [1.29, 1.82) is 0 Å². The Labute approximate surface area is 90.1 Å². The van der Waals surface area contributed by atoms with Crippen molar-refractivity contribution in [3.63, 3.8) is 0 Å². The molecule has 0 aliphatic heterocycles. The van der Waals surface area contributed by atoms with E-state index < -0.39 is 0 Å². The molecule has 0 saturated heterocycles. The minimum Gasteiger partial charge on any atom is -0.505 e. The molecule has 0 aromatic heterocycles. The second kappa shape index (κ2) is 5.07. The van der Waals surface area contributed by atoms with E-state index in [0.29, 0.717) is 0 Å². The quantitative estimate of drug-likeness (QED) is 0.717. The van der Waals surface area contributed by atoms with Crippen LogP contribution in [-0.4, -0.2) is 7.11 Å². The van der Waals surface area contributed by atoms with Crippen molar-refractivity contribution in [3.8, 4) is 0 Å². The van der Waals surface area contributed by atoms with Gasteiger partial charge in [0.25, 0.3) is 0 Å². The summed E-state index contributed by atoms with van der Waals surface area (Å²) in [5.74, 6) is 1.56. The van der Waals surface area contributed by atoms with Crippen molar-refractivity contribution in [2.24, 2.45) is 11.8 Å². The van der Waals surface area contributed by atoms with E-state index in [-0.39, 0.29) is 0 Å². The van der Waals surface area contributed by atoms with Crippen LogP contribution in [0.15, 0.2) is 21.8 Å². The van der Waals surface area contributed by atoms with Gasteiger partial charge in [0, 0.05) is 0 Å². The van der Waals surface area contributed by atoms with Gasteiger partial charge in [-0.25, -0.2) is 0 Å². The first-order valence-electron chi connectivity index (χ1n) is 3.94. The lowest BCUT2D eigenvalue weighted by Crippen LogP contribution is -1.76. The fraction of sp³-hybridized carbons (Fsp3) is 0.556. The van der Waals surface area contributed by atoms with E-state index in [0.717, 1.165) is 21.6 Å². The number of rotatable bonds is 4. The molecule has 0 aromatic rings. The van der Waals surface area contributed by atoms with Gasteiger partial charge in [-0.15, -0.1) is 0 Å². The Bertz CT molecular complexity index is 195. The Balaban J connectivity index is 2.16. The van der Waals surface area contributed by atoms with Crippen molar-refractivity contribution < 1.29 is 4.74 Å². The summed E-state index contributed by atoms with van der Waals surface area (Å²) in [5.41, 5.74) is 0. The predicted molar refractivity (Wildman–Crippen MR) is 58.3 cm³/mol. The molecule has 1 aliphatic carbocycles. The van der Waals surface area contributed by atoms with Crippen LogP contribution in [0.4, 0.5) is 0 Å².